The number of ether oxygens (including phenoxy) is 2. The van der Waals surface area contributed by atoms with Crippen LogP contribution in [0.4, 0.5) is 5.69 Å². The number of aromatic carboxylic acids is 1. The predicted molar refractivity (Wildman–Crippen MR) is 142 cm³/mol. The van der Waals surface area contributed by atoms with Crippen molar-refractivity contribution in [2.75, 3.05) is 19.5 Å². The molecule has 6 nitrogen and oxygen atoms in total. The van der Waals surface area contributed by atoms with E-state index in [0.29, 0.717) is 25.5 Å². The number of methoxy groups -OCH3 is 2. The molecular weight excluding hydrogens is 747 g/mol. The van der Waals surface area contributed by atoms with Crippen molar-refractivity contribution in [2.24, 2.45) is 0 Å². The first-order valence-corrected chi connectivity index (χ1v) is 12.4. The third-order valence-corrected chi connectivity index (χ3v) is 9.24. The quantitative estimate of drug-likeness (QED) is 0.231. The predicted octanol–water partition coefficient (Wildman–Crippen LogP) is 6.20. The van der Waals surface area contributed by atoms with Crippen LogP contribution in [0, 0.1) is 10.7 Å². The highest BCUT2D eigenvalue weighted by atomic mass is 127. The Kier molecular flexibility index (Phi) is 7.84. The fourth-order valence-corrected chi connectivity index (χ4v) is 6.49. The van der Waals surface area contributed by atoms with Gasteiger partial charge in [-0.3, -0.25) is 4.79 Å². The van der Waals surface area contributed by atoms with Crippen molar-refractivity contribution in [3.8, 4) is 21.9 Å². The number of rotatable bonds is 6. The van der Waals surface area contributed by atoms with Crippen LogP contribution < -0.4 is 14.8 Å². The minimum absolute atomic E-state index is 0.0618. The zero-order chi connectivity index (χ0) is 22.0. The molecule has 0 aliphatic rings. The maximum atomic E-state index is 13.0. The molecule has 10 heteroatoms. The van der Waals surface area contributed by atoms with Gasteiger partial charge >= 0.3 is 5.97 Å². The van der Waals surface area contributed by atoms with Gasteiger partial charge in [-0.25, -0.2) is 4.79 Å². The number of carboxylic acid groups (broad SMARTS) is 1. The molecule has 156 valence electrons. The van der Waals surface area contributed by atoms with Gasteiger partial charge in [0.1, 0.15) is 17.1 Å². The summed E-state index contributed by atoms with van der Waals surface area (Å²) in [5.74, 6) is -0.111. The largest absolute Gasteiger partial charge is 0.497 e. The Balaban J connectivity index is 2.00. The average molecular weight is 761 g/mol. The molecule has 0 bridgehead atoms. The number of thiophene rings is 1. The summed E-state index contributed by atoms with van der Waals surface area (Å²) < 4.78 is 12.8. The molecular formula is C20H14I3NO5S. The summed E-state index contributed by atoms with van der Waals surface area (Å²) in [4.78, 5) is 25.6. The van der Waals surface area contributed by atoms with E-state index in [0.717, 1.165) is 12.7 Å². The number of carbonyl (C=O) groups is 2. The number of carboxylic acids is 1. The Morgan fingerprint density at radius 1 is 1.00 bits per heavy atom. The van der Waals surface area contributed by atoms with E-state index in [1.807, 2.05) is 0 Å². The van der Waals surface area contributed by atoms with Crippen LogP contribution in [0.2, 0.25) is 0 Å². The summed E-state index contributed by atoms with van der Waals surface area (Å²) >= 11 is 7.57. The third-order valence-electron chi connectivity index (χ3n) is 4.18. The van der Waals surface area contributed by atoms with Crippen LogP contribution >= 0.6 is 79.1 Å². The van der Waals surface area contributed by atoms with Gasteiger partial charge in [0.2, 0.25) is 0 Å². The van der Waals surface area contributed by atoms with E-state index >= 15 is 0 Å². The topological polar surface area (TPSA) is 84.9 Å². The maximum absolute atomic E-state index is 13.0. The number of nitrogens with one attached hydrogen (secondary N) is 1. The summed E-state index contributed by atoms with van der Waals surface area (Å²) in [6, 6.07) is 8.90. The van der Waals surface area contributed by atoms with Crippen LogP contribution in [0.5, 0.6) is 11.5 Å². The lowest BCUT2D eigenvalue weighted by Gasteiger charge is -2.13. The summed E-state index contributed by atoms with van der Waals surface area (Å²) in [6.45, 7) is 0. The Bertz CT molecular complexity index is 1130. The highest BCUT2D eigenvalue weighted by molar-refractivity contribution is 14.1. The molecule has 0 unspecified atom stereocenters. The Morgan fingerprint density at radius 3 is 2.23 bits per heavy atom. The van der Waals surface area contributed by atoms with Gasteiger partial charge in [0.25, 0.3) is 5.91 Å². The van der Waals surface area contributed by atoms with Crippen LogP contribution in [-0.2, 0) is 0 Å². The number of anilines is 1. The zero-order valence-corrected chi connectivity index (χ0v) is 22.9. The van der Waals surface area contributed by atoms with Gasteiger partial charge in [-0.05, 0) is 104 Å². The summed E-state index contributed by atoms with van der Waals surface area (Å²) in [5.41, 5.74) is 1.55. The van der Waals surface area contributed by atoms with Crippen molar-refractivity contribution < 1.29 is 24.2 Å². The van der Waals surface area contributed by atoms with Crippen molar-refractivity contribution in [3.63, 3.8) is 0 Å². The normalized spacial score (nSPS) is 10.6. The molecule has 0 radical (unpaired) electrons. The molecule has 2 aromatic carbocycles. The second-order valence-electron chi connectivity index (χ2n) is 5.90. The highest BCUT2D eigenvalue weighted by Gasteiger charge is 2.24. The van der Waals surface area contributed by atoms with Gasteiger partial charge in [-0.15, -0.1) is 11.3 Å². The molecule has 0 atom stereocenters. The summed E-state index contributed by atoms with van der Waals surface area (Å²) in [5, 5.41) is 14.2. The van der Waals surface area contributed by atoms with Gasteiger partial charge in [0.15, 0.2) is 0 Å². The molecule has 2 N–H and O–H groups in total. The molecule has 3 rings (SSSR count). The van der Waals surface area contributed by atoms with Crippen LogP contribution in [-0.4, -0.2) is 31.2 Å². The molecule has 0 fully saturated rings. The monoisotopic (exact) mass is 761 g/mol. The minimum atomic E-state index is -1.11. The second kappa shape index (κ2) is 9.99. The highest BCUT2D eigenvalue weighted by Crippen LogP contribution is 2.38. The molecule has 1 heterocycles. The molecule has 0 saturated carbocycles. The Labute approximate surface area is 217 Å². The number of benzene rings is 2. The molecule has 3 aromatic rings. The Hall–Kier alpha value is -1.13. The van der Waals surface area contributed by atoms with Gasteiger partial charge in [-0.1, -0.05) is 0 Å². The number of carbonyl (C=O) groups excluding carboxylic acids is 1. The molecule has 1 aromatic heterocycles. The van der Waals surface area contributed by atoms with Gasteiger partial charge in [0, 0.05) is 12.5 Å². The average Bonchev–Trinajstić information content (AvgIpc) is 3.14. The minimum Gasteiger partial charge on any atom is -0.497 e. The molecule has 30 heavy (non-hydrogen) atoms. The molecule has 1 amide bonds. The summed E-state index contributed by atoms with van der Waals surface area (Å²) in [6.07, 6.45) is 0. The number of amides is 1. The van der Waals surface area contributed by atoms with Gasteiger partial charge in [-0.2, -0.15) is 0 Å². The number of halogens is 3. The van der Waals surface area contributed by atoms with Crippen molar-refractivity contribution in [1.82, 2.24) is 0 Å². The van der Waals surface area contributed by atoms with E-state index in [-0.39, 0.29) is 17.2 Å². The maximum Gasteiger partial charge on any atom is 0.339 e. The van der Waals surface area contributed by atoms with E-state index in [1.54, 1.807) is 49.9 Å². The van der Waals surface area contributed by atoms with E-state index in [2.05, 4.69) is 73.1 Å². The number of hydrogen-bond donors (Lipinski definition) is 2. The van der Waals surface area contributed by atoms with E-state index in [4.69, 9.17) is 9.47 Å². The van der Waals surface area contributed by atoms with Crippen molar-refractivity contribution in [2.45, 2.75) is 0 Å². The zero-order valence-electron chi connectivity index (χ0n) is 15.6. The molecule has 0 spiro atoms. The van der Waals surface area contributed by atoms with Gasteiger partial charge in [0.05, 0.1) is 33.9 Å². The van der Waals surface area contributed by atoms with E-state index in [9.17, 15) is 14.7 Å². The first-order valence-electron chi connectivity index (χ1n) is 8.30. The van der Waals surface area contributed by atoms with Crippen LogP contribution in [0.25, 0.3) is 10.4 Å². The second-order valence-corrected chi connectivity index (χ2v) is 10.1. The molecule has 0 aliphatic carbocycles. The van der Waals surface area contributed by atoms with Crippen molar-refractivity contribution in [1.29, 1.82) is 0 Å². The van der Waals surface area contributed by atoms with E-state index in [1.165, 1.54) is 11.3 Å². The molecule has 0 aliphatic heterocycles. The standard InChI is InChI=1S/C20H14I3NO5S/c1-28-10-5-3-9(4-6-10)18-15(20(26)27)12(8-30-18)24-19(25)14-11(21)7-13(29-2)16(22)17(14)23/h3-8H,1-2H3,(H,24,25)(H,26,27). The van der Waals surface area contributed by atoms with Crippen LogP contribution in [0.3, 0.4) is 0 Å². The fourth-order valence-electron chi connectivity index (χ4n) is 2.73. The SMILES string of the molecule is COc1ccc(-c2scc(NC(=O)c3c(I)cc(OC)c(I)c3I)c2C(=O)O)cc1. The van der Waals surface area contributed by atoms with Crippen LogP contribution in [0.15, 0.2) is 35.7 Å². The fraction of sp³-hybridized carbons (Fsp3) is 0.100. The lowest BCUT2D eigenvalue weighted by atomic mass is 10.1. The number of hydrogen-bond acceptors (Lipinski definition) is 5. The summed E-state index contributed by atoms with van der Waals surface area (Å²) in [7, 11) is 3.15. The first kappa shape index (κ1) is 23.5. The molecule has 0 saturated heterocycles. The van der Waals surface area contributed by atoms with E-state index < -0.39 is 5.97 Å². The lowest BCUT2D eigenvalue weighted by molar-refractivity contribution is 0.0699. The Morgan fingerprint density at radius 2 is 1.67 bits per heavy atom. The van der Waals surface area contributed by atoms with Crippen molar-refractivity contribution in [3.05, 3.63) is 57.5 Å². The van der Waals surface area contributed by atoms with Crippen LogP contribution in [0.1, 0.15) is 20.7 Å². The third kappa shape index (κ3) is 4.70. The lowest BCUT2D eigenvalue weighted by Crippen LogP contribution is -2.17. The van der Waals surface area contributed by atoms with Gasteiger partial charge < -0.3 is 19.9 Å². The first-order chi connectivity index (χ1) is 14.3. The van der Waals surface area contributed by atoms with Crippen molar-refractivity contribution >= 4 is 96.7 Å². The smallest absolute Gasteiger partial charge is 0.339 e.